The molecule has 0 aliphatic carbocycles. The van der Waals surface area contributed by atoms with Gasteiger partial charge in [0.05, 0.1) is 17.6 Å². The van der Waals surface area contributed by atoms with E-state index in [1.165, 1.54) is 16.9 Å². The Morgan fingerprint density at radius 2 is 1.68 bits per heavy atom. The quantitative estimate of drug-likeness (QED) is 0.539. The SMILES string of the molecule is O=C(O)/C=C/c1cnc2scc(-c3ccc(-c4ccccc4)cc3)n12. The smallest absolute Gasteiger partial charge is 0.328 e. The molecule has 0 bridgehead atoms. The predicted molar refractivity (Wildman–Crippen MR) is 101 cm³/mol. The lowest BCUT2D eigenvalue weighted by molar-refractivity contribution is -0.131. The zero-order chi connectivity index (χ0) is 17.2. The second kappa shape index (κ2) is 6.37. The molecule has 0 saturated carbocycles. The van der Waals surface area contributed by atoms with Crippen molar-refractivity contribution in [2.45, 2.75) is 0 Å². The number of aliphatic carboxylic acids is 1. The van der Waals surface area contributed by atoms with Crippen molar-refractivity contribution < 1.29 is 9.90 Å². The standard InChI is InChI=1S/C20H14N2O2S/c23-19(24)11-10-17-12-21-20-22(17)18(13-25-20)16-8-6-15(7-9-16)14-4-2-1-3-5-14/h1-13H,(H,23,24)/b11-10+. The minimum Gasteiger partial charge on any atom is -0.478 e. The number of fused-ring (bicyclic) bond motifs is 1. The Kier molecular flexibility index (Phi) is 3.91. The number of nitrogens with zero attached hydrogens (tertiary/aromatic N) is 2. The predicted octanol–water partition coefficient (Wildman–Crippen LogP) is 4.83. The Hall–Kier alpha value is -3.18. The van der Waals surface area contributed by atoms with Gasteiger partial charge in [-0.15, -0.1) is 11.3 Å². The monoisotopic (exact) mass is 346 g/mol. The Balaban J connectivity index is 1.75. The second-order valence-electron chi connectivity index (χ2n) is 5.54. The topological polar surface area (TPSA) is 54.6 Å². The second-order valence-corrected chi connectivity index (χ2v) is 6.37. The van der Waals surface area contributed by atoms with Crippen LogP contribution in [0.3, 0.4) is 0 Å². The molecule has 2 aromatic heterocycles. The highest BCUT2D eigenvalue weighted by Crippen LogP contribution is 2.29. The molecule has 1 N–H and O–H groups in total. The highest BCUT2D eigenvalue weighted by molar-refractivity contribution is 7.15. The van der Waals surface area contributed by atoms with Crippen LogP contribution in [0.1, 0.15) is 5.69 Å². The number of hydrogen-bond acceptors (Lipinski definition) is 3. The number of carbonyl (C=O) groups is 1. The molecule has 4 rings (SSSR count). The molecule has 0 fully saturated rings. The highest BCUT2D eigenvalue weighted by Gasteiger charge is 2.11. The van der Waals surface area contributed by atoms with Gasteiger partial charge in [0.1, 0.15) is 0 Å². The van der Waals surface area contributed by atoms with Crippen molar-refractivity contribution in [1.29, 1.82) is 0 Å². The Morgan fingerprint density at radius 3 is 2.40 bits per heavy atom. The van der Waals surface area contributed by atoms with E-state index in [-0.39, 0.29) is 0 Å². The van der Waals surface area contributed by atoms with Crippen LogP contribution < -0.4 is 0 Å². The fourth-order valence-corrected chi connectivity index (χ4v) is 3.65. The summed E-state index contributed by atoms with van der Waals surface area (Å²) < 4.78 is 1.97. The molecular weight excluding hydrogens is 332 g/mol. The minimum absolute atomic E-state index is 0.751. The van der Waals surface area contributed by atoms with E-state index in [2.05, 4.69) is 41.4 Å². The van der Waals surface area contributed by atoms with Crippen molar-refractivity contribution in [3.63, 3.8) is 0 Å². The number of imidazole rings is 1. The lowest BCUT2D eigenvalue weighted by atomic mass is 10.0. The van der Waals surface area contributed by atoms with Gasteiger partial charge in [-0.2, -0.15) is 0 Å². The van der Waals surface area contributed by atoms with Gasteiger partial charge in [-0.25, -0.2) is 9.78 Å². The van der Waals surface area contributed by atoms with Crippen molar-refractivity contribution >= 4 is 28.3 Å². The van der Waals surface area contributed by atoms with E-state index < -0.39 is 5.97 Å². The average Bonchev–Trinajstić information content (AvgIpc) is 3.23. The first-order valence-corrected chi connectivity index (χ1v) is 8.62. The fraction of sp³-hybridized carbons (Fsp3) is 0. The van der Waals surface area contributed by atoms with Crippen molar-refractivity contribution in [2.75, 3.05) is 0 Å². The number of thiazole rings is 1. The molecule has 0 atom stereocenters. The first-order valence-electron chi connectivity index (χ1n) is 7.74. The molecule has 4 aromatic rings. The molecule has 0 amide bonds. The zero-order valence-corrected chi connectivity index (χ0v) is 14.0. The van der Waals surface area contributed by atoms with Crippen LogP contribution in [0.5, 0.6) is 0 Å². The molecule has 0 radical (unpaired) electrons. The van der Waals surface area contributed by atoms with E-state index in [4.69, 9.17) is 5.11 Å². The Labute approximate surface area is 148 Å². The number of carboxylic acids is 1. The number of benzene rings is 2. The third-order valence-electron chi connectivity index (χ3n) is 3.96. The average molecular weight is 346 g/mol. The number of rotatable bonds is 4. The van der Waals surface area contributed by atoms with Gasteiger partial charge in [0.2, 0.25) is 0 Å². The zero-order valence-electron chi connectivity index (χ0n) is 13.2. The molecule has 0 saturated heterocycles. The normalized spacial score (nSPS) is 11.4. The van der Waals surface area contributed by atoms with Crippen LogP contribution in [0.4, 0.5) is 0 Å². The number of hydrogen-bond donors (Lipinski definition) is 1. The van der Waals surface area contributed by atoms with E-state index >= 15 is 0 Å². The molecule has 4 nitrogen and oxygen atoms in total. The van der Waals surface area contributed by atoms with Gasteiger partial charge >= 0.3 is 5.97 Å². The summed E-state index contributed by atoms with van der Waals surface area (Å²) >= 11 is 1.53. The molecule has 122 valence electrons. The van der Waals surface area contributed by atoms with Crippen LogP contribution in [0, 0.1) is 0 Å². The van der Waals surface area contributed by atoms with Gasteiger partial charge in [-0.3, -0.25) is 4.40 Å². The lowest BCUT2D eigenvalue weighted by Gasteiger charge is -2.05. The van der Waals surface area contributed by atoms with E-state index in [1.807, 2.05) is 28.0 Å². The summed E-state index contributed by atoms with van der Waals surface area (Å²) in [5, 5.41) is 10.9. The lowest BCUT2D eigenvalue weighted by Crippen LogP contribution is -1.91. The van der Waals surface area contributed by atoms with Gasteiger partial charge in [0.25, 0.3) is 0 Å². The third kappa shape index (κ3) is 2.97. The summed E-state index contributed by atoms with van der Waals surface area (Å²) in [5.74, 6) is -0.973. The third-order valence-corrected chi connectivity index (χ3v) is 4.80. The van der Waals surface area contributed by atoms with Crippen molar-refractivity contribution in [3.8, 4) is 22.4 Å². The van der Waals surface area contributed by atoms with Crippen LogP contribution >= 0.6 is 11.3 Å². The van der Waals surface area contributed by atoms with Gasteiger partial charge in [-0.1, -0.05) is 54.6 Å². The molecule has 0 aliphatic rings. The maximum atomic E-state index is 10.8. The molecule has 0 aliphatic heterocycles. The number of carboxylic acid groups (broad SMARTS) is 1. The first-order chi connectivity index (χ1) is 12.2. The van der Waals surface area contributed by atoms with E-state index in [0.717, 1.165) is 33.6 Å². The molecule has 0 spiro atoms. The summed E-state index contributed by atoms with van der Waals surface area (Å²) in [5.41, 5.74) is 5.15. The minimum atomic E-state index is -0.973. The van der Waals surface area contributed by atoms with Gasteiger partial charge in [-0.05, 0) is 22.8 Å². The molecule has 25 heavy (non-hydrogen) atoms. The van der Waals surface area contributed by atoms with E-state index in [1.54, 1.807) is 12.3 Å². The summed E-state index contributed by atoms with van der Waals surface area (Å²) in [6.07, 6.45) is 4.38. The Bertz CT molecular complexity index is 1060. The van der Waals surface area contributed by atoms with Crippen molar-refractivity contribution in [3.05, 3.63) is 77.9 Å². The number of aromatic nitrogens is 2. The van der Waals surface area contributed by atoms with Gasteiger partial charge in [0.15, 0.2) is 4.96 Å². The van der Waals surface area contributed by atoms with Crippen LogP contribution in [-0.4, -0.2) is 20.5 Å². The summed E-state index contributed by atoms with van der Waals surface area (Å²) in [6.45, 7) is 0. The van der Waals surface area contributed by atoms with E-state index in [9.17, 15) is 4.79 Å². The fourth-order valence-electron chi connectivity index (χ4n) is 2.77. The largest absolute Gasteiger partial charge is 0.478 e. The molecule has 5 heteroatoms. The molecule has 2 aromatic carbocycles. The summed E-state index contributed by atoms with van der Waals surface area (Å²) in [6, 6.07) is 18.6. The highest BCUT2D eigenvalue weighted by atomic mass is 32.1. The molecule has 2 heterocycles. The molecular formula is C20H14N2O2S. The van der Waals surface area contributed by atoms with Gasteiger partial charge < -0.3 is 5.11 Å². The van der Waals surface area contributed by atoms with Crippen molar-refractivity contribution in [1.82, 2.24) is 9.38 Å². The first kappa shape index (κ1) is 15.4. The maximum absolute atomic E-state index is 10.8. The van der Waals surface area contributed by atoms with Crippen LogP contribution in [0.15, 0.2) is 72.3 Å². The summed E-state index contributed by atoms with van der Waals surface area (Å²) in [7, 11) is 0. The molecule has 0 unspecified atom stereocenters. The van der Waals surface area contributed by atoms with E-state index in [0.29, 0.717) is 0 Å². The van der Waals surface area contributed by atoms with Crippen molar-refractivity contribution in [2.24, 2.45) is 0 Å². The maximum Gasteiger partial charge on any atom is 0.328 e. The summed E-state index contributed by atoms with van der Waals surface area (Å²) in [4.78, 5) is 16.0. The van der Waals surface area contributed by atoms with Crippen LogP contribution in [-0.2, 0) is 4.79 Å². The Morgan fingerprint density at radius 1 is 1.00 bits per heavy atom. The van der Waals surface area contributed by atoms with Crippen LogP contribution in [0.25, 0.3) is 33.4 Å². The van der Waals surface area contributed by atoms with Gasteiger partial charge in [0, 0.05) is 11.5 Å². The van der Waals surface area contributed by atoms with Crippen LogP contribution in [0.2, 0.25) is 0 Å².